The molecule has 0 amide bonds. The number of benzene rings is 2. The van der Waals surface area contributed by atoms with E-state index in [-0.39, 0.29) is 138 Å². The minimum atomic E-state index is 0. The molecule has 1 aliphatic carbocycles. The molecule has 0 unspecified atom stereocenters. The van der Waals surface area contributed by atoms with Gasteiger partial charge in [-0.1, -0.05) is 13.8 Å². The molecule has 80 valence electrons. The molecule has 2 aromatic rings. The summed E-state index contributed by atoms with van der Waals surface area (Å²) in [4.78, 5) is 0. The molecule has 0 saturated heterocycles. The fraction of sp³-hybridized carbons (Fsp3) is 0.125. The molecule has 0 nitrogen and oxygen atoms in total. The van der Waals surface area contributed by atoms with E-state index in [2.05, 4.69) is 62.4 Å². The van der Waals surface area contributed by atoms with E-state index < -0.39 is 0 Å². The molecule has 0 atom stereocenters. The van der Waals surface area contributed by atoms with Crippen LogP contribution >= 0.6 is 0 Å². The molecule has 0 bridgehead atoms. The van der Waals surface area contributed by atoms with Crippen molar-refractivity contribution in [2.45, 2.75) is 13.8 Å². The van der Waals surface area contributed by atoms with Crippen LogP contribution in [0.2, 0.25) is 0 Å². The fourth-order valence-corrected chi connectivity index (χ4v) is 2.56. The zero-order valence-corrected chi connectivity index (χ0v) is 24.2. The summed E-state index contributed by atoms with van der Waals surface area (Å²) < 4.78 is 0. The predicted molar refractivity (Wildman–Crippen MR) is 67.1 cm³/mol. The van der Waals surface area contributed by atoms with Crippen molar-refractivity contribution in [2.75, 3.05) is 0 Å². The van der Waals surface area contributed by atoms with E-state index in [1.54, 1.807) is 0 Å². The Morgan fingerprint density at radius 2 is 0.778 bits per heavy atom. The second-order valence-electron chi connectivity index (χ2n) is 4.34. The van der Waals surface area contributed by atoms with Crippen LogP contribution < -0.4 is 138 Å². The molecule has 0 spiro atoms. The summed E-state index contributed by atoms with van der Waals surface area (Å²) in [7, 11) is 0. The quantitative estimate of drug-likeness (QED) is 0.390. The van der Waals surface area contributed by atoms with Crippen molar-refractivity contribution < 1.29 is 138 Å². The largest absolute Gasteiger partial charge is 1.00 e. The Labute approximate surface area is 228 Å². The molecule has 18 heavy (non-hydrogen) atoms. The molecule has 2 heteroatoms. The van der Waals surface area contributed by atoms with Gasteiger partial charge in [0.1, 0.15) is 0 Å². The summed E-state index contributed by atoms with van der Waals surface area (Å²) >= 11 is 0. The summed E-state index contributed by atoms with van der Waals surface area (Å²) in [5.41, 5.74) is 5.50. The Balaban J connectivity index is 0.000000810. The van der Waals surface area contributed by atoms with Crippen LogP contribution in [0.3, 0.4) is 0 Å². The van der Waals surface area contributed by atoms with Crippen LogP contribution in [0.25, 0.3) is 0 Å². The fourth-order valence-electron chi connectivity index (χ4n) is 2.56. The number of rotatable bonds is 0. The van der Waals surface area contributed by atoms with E-state index in [4.69, 9.17) is 0 Å². The Morgan fingerprint density at radius 3 is 1.00 bits per heavy atom. The first-order valence-corrected chi connectivity index (χ1v) is 5.65. The van der Waals surface area contributed by atoms with E-state index in [1.165, 1.54) is 34.1 Å². The Morgan fingerprint density at radius 1 is 0.556 bits per heavy atom. The van der Waals surface area contributed by atoms with Gasteiger partial charge >= 0.3 is 138 Å². The molecule has 0 aliphatic heterocycles. The van der Waals surface area contributed by atoms with Gasteiger partial charge in [0.05, 0.1) is 0 Å². The summed E-state index contributed by atoms with van der Waals surface area (Å²) in [6.07, 6.45) is 0. The van der Waals surface area contributed by atoms with Crippen molar-refractivity contribution in [1.29, 1.82) is 0 Å². The van der Waals surface area contributed by atoms with Crippen molar-refractivity contribution in [3.05, 3.63) is 82.6 Å². The van der Waals surface area contributed by atoms with Crippen LogP contribution in [-0.2, 0) is 0 Å². The normalized spacial score (nSPS) is 11.9. The van der Waals surface area contributed by atoms with Gasteiger partial charge in [0.15, 0.2) is 0 Å². The Kier molecular flexibility index (Phi) is 8.21. The molecule has 0 radical (unpaired) electrons. The molecular weight excluding hydrogens is 458 g/mol. The molecule has 1 aliphatic rings. The predicted octanol–water partition coefficient (Wildman–Crippen LogP) is -2.01. The second-order valence-corrected chi connectivity index (χ2v) is 4.34. The van der Waals surface area contributed by atoms with Gasteiger partial charge in [0.25, 0.3) is 0 Å². The summed E-state index contributed by atoms with van der Waals surface area (Å²) in [5.74, 6) is 2.77. The van der Waals surface area contributed by atoms with Crippen molar-refractivity contribution in [3.63, 3.8) is 0 Å². The van der Waals surface area contributed by atoms with Gasteiger partial charge in [0.2, 0.25) is 0 Å². The SMILES string of the molecule is C[C-]1c2ccccc2[C-](C)c2ccccc21.[Cs+].[Cs+]. The van der Waals surface area contributed by atoms with Gasteiger partial charge in [0, 0.05) is 0 Å². The minimum absolute atomic E-state index is 0. The van der Waals surface area contributed by atoms with Gasteiger partial charge in [-0.25, -0.2) is 0 Å². The van der Waals surface area contributed by atoms with E-state index in [9.17, 15) is 0 Å². The average molecular weight is 472 g/mol. The maximum absolute atomic E-state index is 2.21. The summed E-state index contributed by atoms with van der Waals surface area (Å²) in [6, 6.07) is 17.3. The molecule has 0 N–H and O–H groups in total. The topological polar surface area (TPSA) is 0 Å². The first kappa shape index (κ1) is 18.3. The third-order valence-corrected chi connectivity index (χ3v) is 3.47. The molecule has 0 saturated carbocycles. The zero-order chi connectivity index (χ0) is 11.1. The van der Waals surface area contributed by atoms with Crippen molar-refractivity contribution in [3.8, 4) is 0 Å². The third-order valence-electron chi connectivity index (χ3n) is 3.47. The zero-order valence-electron chi connectivity index (χ0n) is 11.6. The van der Waals surface area contributed by atoms with Crippen LogP contribution in [0.4, 0.5) is 0 Å². The van der Waals surface area contributed by atoms with Gasteiger partial charge in [-0.2, -0.15) is 58.4 Å². The molecule has 0 aromatic heterocycles. The summed E-state index contributed by atoms with van der Waals surface area (Å²) in [5, 5.41) is 0. The Bertz CT molecular complexity index is 439. The molecular formula is C16H14Cs2. The van der Waals surface area contributed by atoms with E-state index in [0.29, 0.717) is 0 Å². The maximum atomic E-state index is 2.21. The van der Waals surface area contributed by atoms with Crippen molar-refractivity contribution >= 4 is 0 Å². The number of hydrogen-bond donors (Lipinski definition) is 0. The van der Waals surface area contributed by atoms with Gasteiger partial charge in [-0.15, -0.1) is 24.3 Å². The van der Waals surface area contributed by atoms with Gasteiger partial charge in [-0.3, -0.25) is 0 Å². The standard InChI is InChI=1S/C16H14.2Cs/c1-11-13-7-3-5-9-15(13)12(2)16-10-6-4-8-14(11)16;;/h3-10H,1-2H3;;/q-2;2*+1. The van der Waals surface area contributed by atoms with Crippen LogP contribution in [0.5, 0.6) is 0 Å². The molecule has 0 heterocycles. The van der Waals surface area contributed by atoms with E-state index in [0.717, 1.165) is 0 Å². The number of fused-ring (bicyclic) bond motifs is 2. The first-order valence-electron chi connectivity index (χ1n) is 5.65. The van der Waals surface area contributed by atoms with Crippen LogP contribution in [-0.4, -0.2) is 0 Å². The van der Waals surface area contributed by atoms with Gasteiger partial charge < -0.3 is 0 Å². The van der Waals surface area contributed by atoms with E-state index >= 15 is 0 Å². The smallest absolute Gasteiger partial charge is 0.186 e. The molecule has 0 fully saturated rings. The van der Waals surface area contributed by atoms with Crippen LogP contribution in [0.1, 0.15) is 36.1 Å². The average Bonchev–Trinajstić information content (AvgIpc) is 2.36. The molecule has 2 aromatic carbocycles. The Hall–Kier alpha value is 2.28. The van der Waals surface area contributed by atoms with Crippen molar-refractivity contribution in [1.82, 2.24) is 0 Å². The second kappa shape index (κ2) is 8.06. The summed E-state index contributed by atoms with van der Waals surface area (Å²) in [6.45, 7) is 4.42. The minimum Gasteiger partial charge on any atom is -0.186 e. The van der Waals surface area contributed by atoms with Crippen LogP contribution in [0.15, 0.2) is 48.5 Å². The third kappa shape index (κ3) is 3.37. The maximum Gasteiger partial charge on any atom is 1.00 e. The van der Waals surface area contributed by atoms with Crippen molar-refractivity contribution in [2.24, 2.45) is 0 Å². The molecule has 3 rings (SSSR count). The number of hydrogen-bond acceptors (Lipinski definition) is 0. The van der Waals surface area contributed by atoms with Gasteiger partial charge in [-0.05, 0) is 0 Å². The first-order chi connectivity index (χ1) is 7.79. The van der Waals surface area contributed by atoms with Crippen LogP contribution in [0, 0.1) is 11.8 Å². The monoisotopic (exact) mass is 472 g/mol. The van der Waals surface area contributed by atoms with E-state index in [1.807, 2.05) is 0 Å².